The van der Waals surface area contributed by atoms with Crippen LogP contribution in [0.1, 0.15) is 0 Å². The first kappa shape index (κ1) is 20.3. The zero-order valence-corrected chi connectivity index (χ0v) is 17.0. The number of anilines is 2. The highest BCUT2D eigenvalue weighted by Gasteiger charge is 2.29. The first-order valence-electron chi connectivity index (χ1n) is 9.01. The van der Waals surface area contributed by atoms with Gasteiger partial charge in [-0.05, 0) is 42.5 Å². The number of aryl methyl sites for hydroxylation is 1. The summed E-state index contributed by atoms with van der Waals surface area (Å²) in [4.78, 5) is 24.0. The van der Waals surface area contributed by atoms with E-state index in [0.717, 1.165) is 10.5 Å². The zero-order valence-electron chi connectivity index (χ0n) is 16.2. The summed E-state index contributed by atoms with van der Waals surface area (Å²) in [5.41, 5.74) is 1.16. The normalized spacial score (nSPS) is 13.5. The minimum absolute atomic E-state index is 0.0826. The summed E-state index contributed by atoms with van der Waals surface area (Å²) in [6.45, 7) is -0.919. The molecule has 4 rings (SSSR count). The van der Waals surface area contributed by atoms with Crippen molar-refractivity contribution in [1.82, 2.24) is 14.8 Å². The van der Waals surface area contributed by atoms with Crippen LogP contribution in [0.2, 0.25) is 0 Å². The van der Waals surface area contributed by atoms with Crippen LogP contribution in [0.3, 0.4) is 0 Å². The van der Waals surface area contributed by atoms with E-state index in [9.17, 15) is 18.0 Å². The van der Waals surface area contributed by atoms with Crippen LogP contribution >= 0.6 is 0 Å². The molecule has 0 aliphatic carbocycles. The lowest BCUT2D eigenvalue weighted by atomic mass is 10.2. The number of ether oxygens (including phenoxy) is 1. The van der Waals surface area contributed by atoms with E-state index in [1.165, 1.54) is 18.2 Å². The third kappa shape index (κ3) is 4.05. The quantitative estimate of drug-likeness (QED) is 0.576. The van der Waals surface area contributed by atoms with Crippen LogP contribution in [-0.2, 0) is 26.7 Å². The molecule has 0 bridgehead atoms. The number of sulfonamides is 1. The zero-order chi connectivity index (χ0) is 22.2. The second kappa shape index (κ2) is 7.72. The smallest absolute Gasteiger partial charge is 0.323 e. The Kier molecular flexibility index (Phi) is 5.07. The molecular formula is C19H17N5O6S. The lowest BCUT2D eigenvalue weighted by Crippen LogP contribution is -2.42. The monoisotopic (exact) mass is 443 g/mol. The van der Waals surface area contributed by atoms with Gasteiger partial charge in [0.2, 0.25) is 0 Å². The molecule has 2 N–H and O–H groups in total. The number of amides is 1. The first-order chi connectivity index (χ1) is 14.7. The highest BCUT2D eigenvalue weighted by atomic mass is 32.2. The highest BCUT2D eigenvalue weighted by Crippen LogP contribution is 2.34. The average molecular weight is 443 g/mol. The van der Waals surface area contributed by atoms with E-state index < -0.39 is 28.4 Å². The molecule has 1 amide bonds. The predicted octanol–water partition coefficient (Wildman–Crippen LogP) is 1.09. The van der Waals surface area contributed by atoms with Gasteiger partial charge in [0.1, 0.15) is 18.6 Å². The lowest BCUT2D eigenvalue weighted by Gasteiger charge is -2.28. The number of aromatic nitrogens is 3. The SMILES string of the molecule is Cn1cnnc1-c1ccc(NS(=O)(=O)c2ccc3c(c2)N(CC(=O)O)C(=O)CO3)cc1. The predicted molar refractivity (Wildman–Crippen MR) is 109 cm³/mol. The van der Waals surface area contributed by atoms with E-state index in [0.29, 0.717) is 11.5 Å². The van der Waals surface area contributed by atoms with Gasteiger partial charge in [0, 0.05) is 18.3 Å². The molecular weight excluding hydrogens is 426 g/mol. The molecule has 31 heavy (non-hydrogen) atoms. The van der Waals surface area contributed by atoms with Crippen molar-refractivity contribution in [3.8, 4) is 17.1 Å². The number of carbonyl (C=O) groups is 2. The fourth-order valence-electron chi connectivity index (χ4n) is 3.10. The van der Waals surface area contributed by atoms with Crippen molar-refractivity contribution in [3.05, 3.63) is 48.8 Å². The molecule has 160 valence electrons. The van der Waals surface area contributed by atoms with Gasteiger partial charge in [-0.1, -0.05) is 0 Å². The Bertz CT molecular complexity index is 1270. The van der Waals surface area contributed by atoms with Crippen LogP contribution in [-0.4, -0.2) is 53.3 Å². The summed E-state index contributed by atoms with van der Waals surface area (Å²) < 4.78 is 35.2. The summed E-state index contributed by atoms with van der Waals surface area (Å²) in [6.07, 6.45) is 1.56. The Morgan fingerprint density at radius 3 is 2.61 bits per heavy atom. The number of carboxylic acid groups (broad SMARTS) is 1. The maximum absolute atomic E-state index is 12.9. The van der Waals surface area contributed by atoms with Gasteiger partial charge in [-0.2, -0.15) is 0 Å². The van der Waals surface area contributed by atoms with Gasteiger partial charge in [-0.3, -0.25) is 19.2 Å². The molecule has 0 atom stereocenters. The Morgan fingerprint density at radius 1 is 1.23 bits per heavy atom. The number of hydrogen-bond acceptors (Lipinski definition) is 7. The summed E-state index contributed by atoms with van der Waals surface area (Å²) >= 11 is 0. The minimum Gasteiger partial charge on any atom is -0.482 e. The van der Waals surface area contributed by atoms with Crippen molar-refractivity contribution in [2.75, 3.05) is 22.8 Å². The molecule has 0 saturated carbocycles. The van der Waals surface area contributed by atoms with E-state index in [-0.39, 0.29) is 22.9 Å². The summed E-state index contributed by atoms with van der Waals surface area (Å²) in [5, 5.41) is 16.9. The van der Waals surface area contributed by atoms with Crippen LogP contribution in [0.4, 0.5) is 11.4 Å². The van der Waals surface area contributed by atoms with Crippen LogP contribution in [0.15, 0.2) is 53.7 Å². The molecule has 0 radical (unpaired) electrons. The molecule has 12 heteroatoms. The number of nitrogens with one attached hydrogen (secondary N) is 1. The number of hydrogen-bond donors (Lipinski definition) is 2. The molecule has 0 spiro atoms. The van der Waals surface area contributed by atoms with Crippen molar-refractivity contribution in [2.24, 2.45) is 7.05 Å². The van der Waals surface area contributed by atoms with Crippen molar-refractivity contribution < 1.29 is 27.9 Å². The number of aliphatic carboxylic acids is 1. The summed E-state index contributed by atoms with van der Waals surface area (Å²) in [6, 6.07) is 10.5. The van der Waals surface area contributed by atoms with Crippen molar-refractivity contribution in [3.63, 3.8) is 0 Å². The number of benzene rings is 2. The standard InChI is InChI=1S/C19H17N5O6S/c1-23-11-20-21-19(23)12-2-4-13(5-3-12)22-31(28,29)14-6-7-16-15(8-14)24(9-18(26)27)17(25)10-30-16/h2-8,11,22H,9-10H2,1H3,(H,26,27). The largest absolute Gasteiger partial charge is 0.482 e. The topological polar surface area (TPSA) is 144 Å². The van der Waals surface area contributed by atoms with Crippen molar-refractivity contribution in [2.45, 2.75) is 4.90 Å². The Labute approximate surface area is 176 Å². The molecule has 0 unspecified atom stereocenters. The van der Waals surface area contributed by atoms with E-state index in [1.54, 1.807) is 42.2 Å². The molecule has 0 saturated heterocycles. The van der Waals surface area contributed by atoms with Gasteiger partial charge in [0.15, 0.2) is 12.4 Å². The first-order valence-corrected chi connectivity index (χ1v) is 10.5. The number of rotatable bonds is 6. The van der Waals surface area contributed by atoms with Crippen LogP contribution in [0, 0.1) is 0 Å². The molecule has 0 fully saturated rings. The Balaban J connectivity index is 1.61. The molecule has 1 aromatic heterocycles. The fourth-order valence-corrected chi connectivity index (χ4v) is 4.18. The van der Waals surface area contributed by atoms with E-state index in [2.05, 4.69) is 14.9 Å². The Hall–Kier alpha value is -3.93. The second-order valence-corrected chi connectivity index (χ2v) is 8.42. The molecule has 11 nitrogen and oxygen atoms in total. The third-order valence-corrected chi connectivity index (χ3v) is 5.96. The molecule has 1 aliphatic heterocycles. The van der Waals surface area contributed by atoms with Crippen LogP contribution in [0.25, 0.3) is 11.4 Å². The summed E-state index contributed by atoms with van der Waals surface area (Å²) in [5.74, 6) is -0.938. The van der Waals surface area contributed by atoms with Crippen LogP contribution < -0.4 is 14.4 Å². The summed E-state index contributed by atoms with van der Waals surface area (Å²) in [7, 11) is -2.22. The number of nitrogens with zero attached hydrogens (tertiary/aromatic N) is 4. The van der Waals surface area contributed by atoms with Gasteiger partial charge >= 0.3 is 5.97 Å². The third-order valence-electron chi connectivity index (χ3n) is 4.58. The molecule has 3 aromatic rings. The van der Waals surface area contributed by atoms with E-state index >= 15 is 0 Å². The van der Waals surface area contributed by atoms with Gasteiger partial charge in [-0.15, -0.1) is 10.2 Å². The number of carbonyl (C=O) groups excluding carboxylic acids is 1. The highest BCUT2D eigenvalue weighted by molar-refractivity contribution is 7.92. The second-order valence-electron chi connectivity index (χ2n) is 6.74. The van der Waals surface area contributed by atoms with E-state index in [4.69, 9.17) is 9.84 Å². The van der Waals surface area contributed by atoms with Gasteiger partial charge < -0.3 is 14.4 Å². The maximum Gasteiger partial charge on any atom is 0.323 e. The average Bonchev–Trinajstić information content (AvgIpc) is 3.16. The molecule has 2 heterocycles. The Morgan fingerprint density at radius 2 is 1.97 bits per heavy atom. The van der Waals surface area contributed by atoms with E-state index in [1.807, 2.05) is 0 Å². The minimum atomic E-state index is -4.02. The molecule has 2 aromatic carbocycles. The van der Waals surface area contributed by atoms with Gasteiger partial charge in [-0.25, -0.2) is 8.42 Å². The van der Waals surface area contributed by atoms with Crippen molar-refractivity contribution >= 4 is 33.3 Å². The molecule has 1 aliphatic rings. The number of carboxylic acids is 1. The van der Waals surface area contributed by atoms with Crippen molar-refractivity contribution in [1.29, 1.82) is 0 Å². The van der Waals surface area contributed by atoms with Gasteiger partial charge in [0.05, 0.1) is 10.6 Å². The fraction of sp³-hybridized carbons (Fsp3) is 0.158. The van der Waals surface area contributed by atoms with Gasteiger partial charge in [0.25, 0.3) is 15.9 Å². The van der Waals surface area contributed by atoms with Crippen LogP contribution in [0.5, 0.6) is 5.75 Å². The maximum atomic E-state index is 12.9. The lowest BCUT2D eigenvalue weighted by molar-refractivity contribution is -0.137. The number of fused-ring (bicyclic) bond motifs is 1.